The maximum atomic E-state index is 5.72. The average Bonchev–Trinajstić information content (AvgIpc) is 2.89. The molecule has 1 aromatic rings. The van der Waals surface area contributed by atoms with E-state index in [0.29, 0.717) is 5.41 Å². The maximum absolute atomic E-state index is 5.72. The Labute approximate surface area is 220 Å². The molecule has 2 heteroatoms. The van der Waals surface area contributed by atoms with E-state index >= 15 is 0 Å². The smallest absolute Gasteiger partial charge is 0.133 e. The van der Waals surface area contributed by atoms with Gasteiger partial charge in [0.1, 0.15) is 11.4 Å². The molecule has 0 radical (unpaired) electrons. The Kier molecular flexibility index (Phi) is 19.3. The fourth-order valence-corrected chi connectivity index (χ4v) is 5.73. The Morgan fingerprint density at radius 2 is 1.11 bits per heavy atom. The van der Waals surface area contributed by atoms with Gasteiger partial charge in [0.25, 0.3) is 0 Å². The minimum Gasteiger partial charge on any atom is -0.497 e. The van der Waals surface area contributed by atoms with Crippen LogP contribution in [0.25, 0.3) is 0 Å². The van der Waals surface area contributed by atoms with Crippen molar-refractivity contribution in [2.45, 2.75) is 162 Å². The molecule has 0 unspecified atom stereocenters. The van der Waals surface area contributed by atoms with Crippen LogP contribution in [0.15, 0.2) is 18.2 Å². The highest BCUT2D eigenvalue weighted by Gasteiger charge is 2.33. The zero-order valence-corrected chi connectivity index (χ0v) is 24.6. The van der Waals surface area contributed by atoms with E-state index in [2.05, 4.69) is 51.2 Å². The van der Waals surface area contributed by atoms with E-state index < -0.39 is 0 Å². The first kappa shape index (κ1) is 32.0. The number of methoxy groups -OCH3 is 1. The summed E-state index contributed by atoms with van der Waals surface area (Å²) in [5.74, 6) is 1.03. The van der Waals surface area contributed by atoms with Crippen LogP contribution in [0.5, 0.6) is 5.75 Å². The van der Waals surface area contributed by atoms with Gasteiger partial charge in [0.05, 0.1) is 13.7 Å². The van der Waals surface area contributed by atoms with E-state index in [4.69, 9.17) is 4.74 Å². The summed E-state index contributed by atoms with van der Waals surface area (Å²) in [6, 6.07) is 6.88. The molecule has 0 aromatic heterocycles. The first-order valence-electron chi connectivity index (χ1n) is 15.7. The van der Waals surface area contributed by atoms with Gasteiger partial charge in [0, 0.05) is 17.0 Å². The Hall–Kier alpha value is -1.02. The molecule has 0 fully saturated rings. The lowest BCUT2D eigenvalue weighted by molar-refractivity contribution is -0.572. The monoisotopic (exact) mass is 488 g/mol. The minimum absolute atomic E-state index is 0.290. The molecular weight excluding hydrogens is 426 g/mol. The first-order chi connectivity index (χ1) is 17.2. The number of quaternary nitrogens is 1. The molecular formula is C33H62NO+. The summed E-state index contributed by atoms with van der Waals surface area (Å²) in [5.41, 5.74) is 3.32. The Morgan fingerprint density at radius 1 is 0.629 bits per heavy atom. The molecule has 1 aromatic carbocycles. The molecule has 0 saturated heterocycles. The lowest BCUT2D eigenvalue weighted by atomic mass is 9.70. The third-order valence-corrected chi connectivity index (χ3v) is 8.18. The summed E-state index contributed by atoms with van der Waals surface area (Å²) in [7, 11) is 1.82. The van der Waals surface area contributed by atoms with Gasteiger partial charge in [-0.2, -0.15) is 0 Å². The molecule has 0 heterocycles. The van der Waals surface area contributed by atoms with Gasteiger partial charge in [-0.1, -0.05) is 130 Å². The molecule has 0 aliphatic rings. The van der Waals surface area contributed by atoms with Crippen LogP contribution in [-0.4, -0.2) is 13.7 Å². The molecule has 0 spiro atoms. The molecule has 2 N–H and O–H groups in total. The standard InChI is InChI=1S/C33H61NO/c1-6-10-12-14-16-18-20-22-26-33(9-4,27-23-21-19-17-15-13-11-7-2)31-29-30(35-5)24-25-32(31)34-28-8-3/h24-25,29,34H,6-23,26-28H2,1-5H3/p+1. The molecule has 0 saturated carbocycles. The summed E-state index contributed by atoms with van der Waals surface area (Å²) in [6.07, 6.45) is 27.5. The molecule has 0 atom stereocenters. The van der Waals surface area contributed by atoms with E-state index in [-0.39, 0.29) is 0 Å². The van der Waals surface area contributed by atoms with Crippen LogP contribution < -0.4 is 10.1 Å². The highest BCUT2D eigenvalue weighted by molar-refractivity contribution is 5.49. The van der Waals surface area contributed by atoms with Crippen LogP contribution >= 0.6 is 0 Å². The fraction of sp³-hybridized carbons (Fsp3) is 0.818. The van der Waals surface area contributed by atoms with Crippen LogP contribution in [-0.2, 0) is 5.41 Å². The SMILES string of the molecule is CCCCCCCCCCC(CC)(CCCCCCCCCC)c1cc(OC)ccc1[NH2+]CCC. The van der Waals surface area contributed by atoms with Crippen molar-refractivity contribution in [2.75, 3.05) is 13.7 Å². The Morgan fingerprint density at radius 3 is 1.54 bits per heavy atom. The van der Waals surface area contributed by atoms with Crippen molar-refractivity contribution in [1.82, 2.24) is 0 Å². The highest BCUT2D eigenvalue weighted by atomic mass is 16.5. The molecule has 0 bridgehead atoms. The van der Waals surface area contributed by atoms with Crippen molar-refractivity contribution in [2.24, 2.45) is 0 Å². The highest BCUT2D eigenvalue weighted by Crippen LogP contribution is 2.42. The second-order valence-electron chi connectivity index (χ2n) is 11.0. The van der Waals surface area contributed by atoms with E-state index in [0.717, 1.165) is 12.3 Å². The topological polar surface area (TPSA) is 25.8 Å². The van der Waals surface area contributed by atoms with E-state index in [1.165, 1.54) is 134 Å². The van der Waals surface area contributed by atoms with E-state index in [1.807, 2.05) is 7.11 Å². The lowest BCUT2D eigenvalue weighted by Crippen LogP contribution is -2.78. The van der Waals surface area contributed by atoms with Gasteiger partial charge < -0.3 is 10.1 Å². The molecule has 0 aliphatic carbocycles. The summed E-state index contributed by atoms with van der Waals surface area (Å²) in [5, 5.41) is 2.49. The van der Waals surface area contributed by atoms with Gasteiger partial charge in [-0.15, -0.1) is 0 Å². The van der Waals surface area contributed by atoms with Crippen LogP contribution in [0.4, 0.5) is 5.69 Å². The first-order valence-corrected chi connectivity index (χ1v) is 15.7. The third kappa shape index (κ3) is 13.2. The maximum Gasteiger partial charge on any atom is 0.133 e. The quantitative estimate of drug-likeness (QED) is 0.114. The van der Waals surface area contributed by atoms with Crippen LogP contribution in [0, 0.1) is 0 Å². The predicted octanol–water partition coefficient (Wildman–Crippen LogP) is 10.0. The molecule has 1 rings (SSSR count). The normalized spacial score (nSPS) is 11.8. The number of hydrogen-bond acceptors (Lipinski definition) is 1. The van der Waals surface area contributed by atoms with Gasteiger partial charge in [-0.05, 0) is 37.8 Å². The van der Waals surface area contributed by atoms with Crippen molar-refractivity contribution in [1.29, 1.82) is 0 Å². The number of ether oxygens (including phenoxy) is 1. The van der Waals surface area contributed by atoms with E-state index in [9.17, 15) is 0 Å². The van der Waals surface area contributed by atoms with Crippen LogP contribution in [0.3, 0.4) is 0 Å². The Bertz CT molecular complexity index is 591. The molecule has 35 heavy (non-hydrogen) atoms. The zero-order valence-electron chi connectivity index (χ0n) is 24.6. The zero-order chi connectivity index (χ0) is 25.6. The molecule has 0 amide bonds. The van der Waals surface area contributed by atoms with Crippen molar-refractivity contribution < 1.29 is 10.1 Å². The van der Waals surface area contributed by atoms with Crippen molar-refractivity contribution in [3.05, 3.63) is 23.8 Å². The van der Waals surface area contributed by atoms with Gasteiger partial charge in [-0.25, -0.2) is 0 Å². The minimum atomic E-state index is 0.290. The van der Waals surface area contributed by atoms with Crippen molar-refractivity contribution >= 4 is 5.69 Å². The molecule has 204 valence electrons. The summed E-state index contributed by atoms with van der Waals surface area (Å²) < 4.78 is 5.72. The second kappa shape index (κ2) is 21.1. The number of unbranched alkanes of at least 4 members (excludes halogenated alkanes) is 14. The second-order valence-corrected chi connectivity index (χ2v) is 11.0. The van der Waals surface area contributed by atoms with Crippen molar-refractivity contribution in [3.63, 3.8) is 0 Å². The van der Waals surface area contributed by atoms with Crippen LogP contribution in [0.1, 0.15) is 162 Å². The summed E-state index contributed by atoms with van der Waals surface area (Å²) in [6.45, 7) is 10.5. The van der Waals surface area contributed by atoms with Gasteiger partial charge in [-0.3, -0.25) is 0 Å². The molecule has 0 aliphatic heterocycles. The molecule has 2 nitrogen and oxygen atoms in total. The van der Waals surface area contributed by atoms with Gasteiger partial charge >= 0.3 is 0 Å². The number of nitrogens with two attached hydrogens (primary N) is 1. The third-order valence-electron chi connectivity index (χ3n) is 8.18. The van der Waals surface area contributed by atoms with Gasteiger partial charge in [0.15, 0.2) is 0 Å². The fourth-order valence-electron chi connectivity index (χ4n) is 5.73. The largest absolute Gasteiger partial charge is 0.497 e. The van der Waals surface area contributed by atoms with Crippen molar-refractivity contribution in [3.8, 4) is 5.75 Å². The summed E-state index contributed by atoms with van der Waals surface area (Å²) in [4.78, 5) is 0. The van der Waals surface area contributed by atoms with Gasteiger partial charge in [0.2, 0.25) is 0 Å². The lowest BCUT2D eigenvalue weighted by Gasteiger charge is -2.35. The Balaban J connectivity index is 2.85. The number of rotatable bonds is 24. The predicted molar refractivity (Wildman–Crippen MR) is 156 cm³/mol. The number of hydrogen-bond donors (Lipinski definition) is 1. The van der Waals surface area contributed by atoms with E-state index in [1.54, 1.807) is 5.56 Å². The summed E-state index contributed by atoms with van der Waals surface area (Å²) >= 11 is 0. The van der Waals surface area contributed by atoms with Crippen LogP contribution in [0.2, 0.25) is 0 Å². The average molecular weight is 489 g/mol. The number of benzene rings is 1.